The molecule has 7 nitrogen and oxygen atoms in total. The number of sulfonamides is 1. The smallest absolute Gasteiger partial charge is 0.244 e. The van der Waals surface area contributed by atoms with Crippen LogP contribution in [-0.4, -0.2) is 38.5 Å². The molecule has 0 saturated carbocycles. The van der Waals surface area contributed by atoms with E-state index in [2.05, 4.69) is 9.82 Å². The first-order valence-corrected chi connectivity index (χ1v) is 9.25. The van der Waals surface area contributed by atoms with Gasteiger partial charge in [0.1, 0.15) is 10.6 Å². The summed E-state index contributed by atoms with van der Waals surface area (Å²) in [7, 11) is -2.18. The summed E-state index contributed by atoms with van der Waals surface area (Å²) in [6.07, 6.45) is 2.58. The first-order valence-electron chi connectivity index (χ1n) is 7.77. The zero-order valence-electron chi connectivity index (χ0n) is 13.8. The van der Waals surface area contributed by atoms with Gasteiger partial charge < -0.3 is 9.47 Å². The number of aromatic nitrogens is 2. The number of hydrogen-bond donors (Lipinski definition) is 1. The van der Waals surface area contributed by atoms with E-state index in [-0.39, 0.29) is 11.4 Å². The van der Waals surface area contributed by atoms with Gasteiger partial charge >= 0.3 is 0 Å². The zero-order chi connectivity index (χ0) is 17.2. The number of nitrogens with zero attached hydrogens (tertiary/aromatic N) is 2. The molecule has 0 atom stereocenters. The van der Waals surface area contributed by atoms with Crippen LogP contribution in [0.4, 0.5) is 0 Å². The number of rotatable bonds is 6. The second-order valence-corrected chi connectivity index (χ2v) is 7.43. The molecule has 1 aliphatic rings. The van der Waals surface area contributed by atoms with Crippen LogP contribution >= 0.6 is 0 Å². The van der Waals surface area contributed by atoms with Gasteiger partial charge in [0.15, 0.2) is 0 Å². The summed E-state index contributed by atoms with van der Waals surface area (Å²) in [6, 6.07) is 5.08. The fourth-order valence-electron chi connectivity index (χ4n) is 2.76. The summed E-state index contributed by atoms with van der Waals surface area (Å²) in [6.45, 7) is 3.82. The van der Waals surface area contributed by atoms with E-state index in [1.807, 2.05) is 17.7 Å². The molecule has 8 heteroatoms. The molecule has 3 rings (SSSR count). The van der Waals surface area contributed by atoms with Crippen molar-refractivity contribution in [1.82, 2.24) is 14.5 Å². The number of methoxy groups -OCH3 is 1. The minimum Gasteiger partial charge on any atom is -0.495 e. The zero-order valence-corrected chi connectivity index (χ0v) is 14.6. The summed E-state index contributed by atoms with van der Waals surface area (Å²) >= 11 is 0. The van der Waals surface area contributed by atoms with Crippen molar-refractivity contribution in [1.29, 1.82) is 0 Å². The molecular formula is C16H21N3O4S. The SMILES string of the molecule is COc1ccc(C)cc1S(=O)(=O)NCCn1ncc2c1CCOC2. The maximum atomic E-state index is 12.5. The molecule has 2 aromatic rings. The van der Waals surface area contributed by atoms with Gasteiger partial charge in [0.25, 0.3) is 0 Å². The summed E-state index contributed by atoms with van der Waals surface area (Å²) < 4.78 is 40.1. The average molecular weight is 351 g/mol. The summed E-state index contributed by atoms with van der Waals surface area (Å²) in [5.74, 6) is 0.335. The van der Waals surface area contributed by atoms with E-state index in [1.165, 1.54) is 7.11 Å². The second kappa shape index (κ2) is 6.92. The molecule has 0 saturated heterocycles. The first-order chi connectivity index (χ1) is 11.5. The van der Waals surface area contributed by atoms with Crippen molar-refractivity contribution >= 4 is 10.0 Å². The molecule has 1 aromatic carbocycles. The Kier molecular flexibility index (Phi) is 4.88. The van der Waals surface area contributed by atoms with Gasteiger partial charge in [-0.2, -0.15) is 5.10 Å². The number of ether oxygens (including phenoxy) is 2. The highest BCUT2D eigenvalue weighted by molar-refractivity contribution is 7.89. The fraction of sp³-hybridized carbons (Fsp3) is 0.438. The Bertz CT molecular complexity index is 830. The molecule has 0 radical (unpaired) electrons. The van der Waals surface area contributed by atoms with Crippen molar-refractivity contribution in [3.8, 4) is 5.75 Å². The van der Waals surface area contributed by atoms with Crippen LogP contribution in [0.2, 0.25) is 0 Å². The van der Waals surface area contributed by atoms with Crippen LogP contribution in [-0.2, 0) is 34.3 Å². The summed E-state index contributed by atoms with van der Waals surface area (Å²) in [5.41, 5.74) is 3.05. The van der Waals surface area contributed by atoms with E-state index >= 15 is 0 Å². The number of nitrogens with one attached hydrogen (secondary N) is 1. The molecule has 1 N–H and O–H groups in total. The lowest BCUT2D eigenvalue weighted by atomic mass is 10.2. The van der Waals surface area contributed by atoms with Crippen LogP contribution in [0, 0.1) is 6.92 Å². The first kappa shape index (κ1) is 16.9. The van der Waals surface area contributed by atoms with E-state index < -0.39 is 10.0 Å². The second-order valence-electron chi connectivity index (χ2n) is 5.69. The number of fused-ring (bicyclic) bond motifs is 1. The molecule has 0 fully saturated rings. The Labute approximate surface area is 141 Å². The highest BCUT2D eigenvalue weighted by atomic mass is 32.2. The van der Waals surface area contributed by atoms with Gasteiger partial charge in [0.05, 0.1) is 33.1 Å². The normalized spacial score (nSPS) is 14.4. The number of benzene rings is 1. The van der Waals surface area contributed by atoms with Crippen molar-refractivity contribution in [2.45, 2.75) is 31.4 Å². The van der Waals surface area contributed by atoms with Gasteiger partial charge in [-0.25, -0.2) is 13.1 Å². The predicted octanol–water partition coefficient (Wildman–Crippen LogP) is 1.25. The lowest BCUT2D eigenvalue weighted by Crippen LogP contribution is -2.29. The van der Waals surface area contributed by atoms with Crippen molar-refractivity contribution in [2.75, 3.05) is 20.3 Å². The third-order valence-electron chi connectivity index (χ3n) is 4.00. The van der Waals surface area contributed by atoms with E-state index in [4.69, 9.17) is 9.47 Å². The van der Waals surface area contributed by atoms with Crippen LogP contribution in [0.5, 0.6) is 5.75 Å². The monoisotopic (exact) mass is 351 g/mol. The highest BCUT2D eigenvalue weighted by Crippen LogP contribution is 2.24. The number of aryl methyl sites for hydroxylation is 1. The molecule has 0 bridgehead atoms. The maximum absolute atomic E-state index is 12.5. The Morgan fingerprint density at radius 2 is 2.25 bits per heavy atom. The van der Waals surface area contributed by atoms with Crippen LogP contribution < -0.4 is 9.46 Å². The molecule has 0 aliphatic carbocycles. The number of hydrogen-bond acceptors (Lipinski definition) is 5. The van der Waals surface area contributed by atoms with E-state index in [1.54, 1.807) is 18.3 Å². The third-order valence-corrected chi connectivity index (χ3v) is 5.48. The topological polar surface area (TPSA) is 82.5 Å². The van der Waals surface area contributed by atoms with E-state index in [0.29, 0.717) is 25.5 Å². The lowest BCUT2D eigenvalue weighted by molar-refractivity contribution is 0.109. The van der Waals surface area contributed by atoms with E-state index in [0.717, 1.165) is 23.2 Å². The third kappa shape index (κ3) is 3.45. The molecule has 130 valence electrons. The van der Waals surface area contributed by atoms with Crippen LogP contribution in [0.25, 0.3) is 0 Å². The minimum atomic E-state index is -3.64. The Hall–Kier alpha value is -1.90. The quantitative estimate of drug-likeness (QED) is 0.847. The molecule has 0 spiro atoms. The van der Waals surface area contributed by atoms with Gasteiger partial charge in [-0.3, -0.25) is 4.68 Å². The fourth-order valence-corrected chi connectivity index (χ4v) is 4.03. The van der Waals surface area contributed by atoms with E-state index in [9.17, 15) is 8.42 Å². The Morgan fingerprint density at radius 3 is 3.04 bits per heavy atom. The van der Waals surface area contributed by atoms with Gasteiger partial charge in [-0.15, -0.1) is 0 Å². The maximum Gasteiger partial charge on any atom is 0.244 e. The van der Waals surface area contributed by atoms with Crippen molar-refractivity contribution in [3.63, 3.8) is 0 Å². The molecule has 1 aliphatic heterocycles. The van der Waals surface area contributed by atoms with Gasteiger partial charge in [0.2, 0.25) is 10.0 Å². The molecule has 0 unspecified atom stereocenters. The average Bonchev–Trinajstić information content (AvgIpc) is 2.98. The molecular weight excluding hydrogens is 330 g/mol. The Morgan fingerprint density at radius 1 is 1.42 bits per heavy atom. The highest BCUT2D eigenvalue weighted by Gasteiger charge is 2.20. The van der Waals surface area contributed by atoms with Gasteiger partial charge in [-0.05, 0) is 24.6 Å². The summed E-state index contributed by atoms with van der Waals surface area (Å²) in [4.78, 5) is 0.154. The predicted molar refractivity (Wildman–Crippen MR) is 88.5 cm³/mol. The summed E-state index contributed by atoms with van der Waals surface area (Å²) in [5, 5.41) is 4.32. The molecule has 1 aromatic heterocycles. The van der Waals surface area contributed by atoms with Crippen LogP contribution in [0.3, 0.4) is 0 Å². The largest absolute Gasteiger partial charge is 0.495 e. The minimum absolute atomic E-state index is 0.154. The van der Waals surface area contributed by atoms with Gasteiger partial charge in [0, 0.05) is 24.2 Å². The molecule has 24 heavy (non-hydrogen) atoms. The molecule has 0 amide bonds. The standard InChI is InChI=1S/C16H21N3O4S/c1-12-3-4-15(22-2)16(9-12)24(20,21)18-6-7-19-14-5-8-23-11-13(14)10-17-19/h3-4,9-10,18H,5-8,11H2,1-2H3. The van der Waals surface area contributed by atoms with Crippen molar-refractivity contribution in [3.05, 3.63) is 41.2 Å². The van der Waals surface area contributed by atoms with Gasteiger partial charge in [-0.1, -0.05) is 6.07 Å². The van der Waals surface area contributed by atoms with Crippen LogP contribution in [0.1, 0.15) is 16.8 Å². The lowest BCUT2D eigenvalue weighted by Gasteiger charge is -2.15. The Balaban J connectivity index is 1.70. The van der Waals surface area contributed by atoms with Crippen LogP contribution in [0.15, 0.2) is 29.3 Å². The van der Waals surface area contributed by atoms with Crippen molar-refractivity contribution < 1.29 is 17.9 Å². The molecule has 2 heterocycles. The van der Waals surface area contributed by atoms with Crippen molar-refractivity contribution in [2.24, 2.45) is 0 Å².